The van der Waals surface area contributed by atoms with Crippen molar-refractivity contribution in [2.75, 3.05) is 11.9 Å². The van der Waals surface area contributed by atoms with E-state index in [4.69, 9.17) is 4.74 Å². The van der Waals surface area contributed by atoms with E-state index in [9.17, 15) is 10.1 Å². The highest BCUT2D eigenvalue weighted by Gasteiger charge is 2.17. The van der Waals surface area contributed by atoms with E-state index in [0.717, 1.165) is 17.7 Å². The van der Waals surface area contributed by atoms with Crippen molar-refractivity contribution in [3.63, 3.8) is 0 Å². The van der Waals surface area contributed by atoms with Gasteiger partial charge in [-0.05, 0) is 36.3 Å². The number of nitriles is 1. The molecule has 1 unspecified atom stereocenters. The molecule has 33 heavy (non-hydrogen) atoms. The van der Waals surface area contributed by atoms with Crippen LogP contribution < -0.4 is 15.4 Å². The number of carbonyl (C=O) groups excluding carboxylic acids is 1. The summed E-state index contributed by atoms with van der Waals surface area (Å²) < 4.78 is 7.93. The Labute approximate surface area is 192 Å². The van der Waals surface area contributed by atoms with Crippen LogP contribution in [0, 0.1) is 11.3 Å². The van der Waals surface area contributed by atoms with Crippen molar-refractivity contribution in [3.8, 4) is 17.6 Å². The molecule has 7 heteroatoms. The average Bonchev–Trinajstić information content (AvgIpc) is 3.33. The molecule has 1 aliphatic heterocycles. The van der Waals surface area contributed by atoms with Crippen LogP contribution in [0.2, 0.25) is 0 Å². The minimum atomic E-state index is -0.375. The number of carbonyl (C=O) groups is 1. The third-order valence-corrected chi connectivity index (χ3v) is 5.17. The van der Waals surface area contributed by atoms with Crippen molar-refractivity contribution in [2.24, 2.45) is 0 Å². The maximum Gasteiger partial charge on any atom is 0.319 e. The topological polar surface area (TPSA) is 92.0 Å². The molecule has 2 heterocycles. The number of ether oxygens (including phenoxy) is 1. The van der Waals surface area contributed by atoms with Gasteiger partial charge in [0.2, 0.25) is 0 Å². The molecular weight excluding hydrogens is 414 g/mol. The molecule has 0 radical (unpaired) electrons. The van der Waals surface area contributed by atoms with E-state index in [2.05, 4.69) is 34.3 Å². The van der Waals surface area contributed by atoms with Gasteiger partial charge in [0, 0.05) is 12.6 Å². The van der Waals surface area contributed by atoms with Crippen molar-refractivity contribution in [1.29, 1.82) is 5.26 Å². The van der Waals surface area contributed by atoms with Gasteiger partial charge < -0.3 is 19.9 Å². The molecular formula is C26H23N5O2. The van der Waals surface area contributed by atoms with Crippen LogP contribution in [0.25, 0.3) is 5.57 Å². The number of hydrogen-bond donors (Lipinski definition) is 2. The molecule has 4 rings (SSSR count). The van der Waals surface area contributed by atoms with E-state index in [1.807, 2.05) is 41.0 Å². The van der Waals surface area contributed by atoms with Gasteiger partial charge in [0.15, 0.2) is 5.75 Å². The normalized spacial score (nSPS) is 16.8. The summed E-state index contributed by atoms with van der Waals surface area (Å²) >= 11 is 0. The van der Waals surface area contributed by atoms with Crippen LogP contribution in [0.15, 0.2) is 91.9 Å². The van der Waals surface area contributed by atoms with Gasteiger partial charge >= 0.3 is 6.03 Å². The third kappa shape index (κ3) is 5.38. The monoisotopic (exact) mass is 437 g/mol. The SMILES string of the molecule is C=C1/C=C\C=C/CC(CNC(=O)Nc2ccc(C#N)cc2Oc2ccccc2)n2cncc21. The zero-order valence-corrected chi connectivity index (χ0v) is 17.9. The van der Waals surface area contributed by atoms with Crippen LogP contribution in [0.5, 0.6) is 11.5 Å². The van der Waals surface area contributed by atoms with E-state index in [0.29, 0.717) is 29.3 Å². The number of benzene rings is 2. The highest BCUT2D eigenvalue weighted by Crippen LogP contribution is 2.30. The second kappa shape index (κ2) is 10.2. The quantitative estimate of drug-likeness (QED) is 0.556. The van der Waals surface area contributed by atoms with E-state index < -0.39 is 0 Å². The Morgan fingerprint density at radius 1 is 1.24 bits per heavy atom. The lowest BCUT2D eigenvalue weighted by Gasteiger charge is -2.21. The minimum absolute atomic E-state index is 0.0258. The summed E-state index contributed by atoms with van der Waals surface area (Å²) in [5.74, 6) is 0.995. The van der Waals surface area contributed by atoms with Crippen molar-refractivity contribution < 1.29 is 9.53 Å². The largest absolute Gasteiger partial charge is 0.455 e. The highest BCUT2D eigenvalue weighted by atomic mass is 16.5. The molecule has 164 valence electrons. The number of nitrogens with zero attached hydrogens (tertiary/aromatic N) is 3. The number of fused-ring (bicyclic) bond motifs is 1. The maximum atomic E-state index is 12.7. The first kappa shape index (κ1) is 21.7. The minimum Gasteiger partial charge on any atom is -0.455 e. The number of amides is 2. The first-order chi connectivity index (χ1) is 16.1. The predicted octanol–water partition coefficient (Wildman–Crippen LogP) is 5.44. The molecule has 1 atom stereocenters. The molecule has 2 aromatic carbocycles. The van der Waals surface area contributed by atoms with Crippen LogP contribution in [0.1, 0.15) is 23.7 Å². The fourth-order valence-corrected chi connectivity index (χ4v) is 3.48. The Hall–Kier alpha value is -4.57. The van der Waals surface area contributed by atoms with Crippen LogP contribution in [0.4, 0.5) is 10.5 Å². The Morgan fingerprint density at radius 3 is 2.91 bits per heavy atom. The van der Waals surface area contributed by atoms with E-state index >= 15 is 0 Å². The smallest absolute Gasteiger partial charge is 0.319 e. The lowest BCUT2D eigenvalue weighted by Crippen LogP contribution is -2.34. The van der Waals surface area contributed by atoms with E-state index in [-0.39, 0.29) is 12.1 Å². The van der Waals surface area contributed by atoms with Gasteiger partial charge in [0.25, 0.3) is 0 Å². The van der Waals surface area contributed by atoms with Gasteiger partial charge in [-0.15, -0.1) is 0 Å². The average molecular weight is 438 g/mol. The zero-order chi connectivity index (χ0) is 23.0. The summed E-state index contributed by atoms with van der Waals surface area (Å²) in [6, 6.07) is 15.8. The van der Waals surface area contributed by atoms with Gasteiger partial charge in [-0.2, -0.15) is 5.26 Å². The highest BCUT2D eigenvalue weighted by molar-refractivity contribution is 5.91. The van der Waals surface area contributed by atoms with Gasteiger partial charge in [-0.25, -0.2) is 9.78 Å². The standard InChI is InChI=1S/C26H23N5O2/c1-19-8-4-2-5-9-21(31-18-28-17-24(19)31)16-29-26(32)30-23-13-12-20(15-27)14-25(23)33-22-10-6-3-7-11-22/h2-8,10-14,17-18,21H,1,9,16H2,(H2,29,30,32)/b5-2-,8-4-. The van der Waals surface area contributed by atoms with Crippen LogP contribution in [-0.2, 0) is 0 Å². The van der Waals surface area contributed by atoms with Crippen molar-refractivity contribution in [2.45, 2.75) is 12.5 Å². The van der Waals surface area contributed by atoms with Gasteiger partial charge in [-0.3, -0.25) is 0 Å². The molecule has 0 saturated heterocycles. The van der Waals surface area contributed by atoms with Crippen molar-refractivity contribution >= 4 is 17.3 Å². The second-order valence-corrected chi connectivity index (χ2v) is 7.46. The van der Waals surface area contributed by atoms with Crippen molar-refractivity contribution in [3.05, 3.63) is 103 Å². The molecule has 1 aliphatic rings. The molecule has 0 bridgehead atoms. The second-order valence-electron chi connectivity index (χ2n) is 7.46. The lowest BCUT2D eigenvalue weighted by molar-refractivity contribution is 0.250. The molecule has 3 aromatic rings. The number of para-hydroxylation sites is 1. The number of nitrogens with one attached hydrogen (secondary N) is 2. The third-order valence-electron chi connectivity index (χ3n) is 5.17. The fraction of sp³-hybridized carbons (Fsp3) is 0.115. The molecule has 0 saturated carbocycles. The van der Waals surface area contributed by atoms with Crippen LogP contribution in [-0.4, -0.2) is 22.1 Å². The molecule has 2 amide bonds. The zero-order valence-electron chi connectivity index (χ0n) is 17.9. The Morgan fingerprint density at radius 2 is 2.09 bits per heavy atom. The number of urea groups is 1. The summed E-state index contributed by atoms with van der Waals surface area (Å²) in [6.07, 6.45) is 12.2. The van der Waals surface area contributed by atoms with Crippen LogP contribution in [0.3, 0.4) is 0 Å². The van der Waals surface area contributed by atoms with Gasteiger partial charge in [0.05, 0.1) is 41.6 Å². The number of allylic oxidation sites excluding steroid dienone is 5. The van der Waals surface area contributed by atoms with Crippen molar-refractivity contribution in [1.82, 2.24) is 14.9 Å². The maximum absolute atomic E-state index is 12.7. The summed E-state index contributed by atoms with van der Waals surface area (Å²) in [5.41, 5.74) is 2.66. The number of hydrogen-bond acceptors (Lipinski definition) is 4. The predicted molar refractivity (Wildman–Crippen MR) is 128 cm³/mol. The summed E-state index contributed by atoms with van der Waals surface area (Å²) in [6.45, 7) is 4.48. The fourth-order valence-electron chi connectivity index (χ4n) is 3.48. The number of anilines is 1. The first-order valence-corrected chi connectivity index (χ1v) is 10.5. The Bertz CT molecular complexity index is 1250. The lowest BCUT2D eigenvalue weighted by atomic mass is 10.1. The number of aromatic nitrogens is 2. The molecule has 0 spiro atoms. The summed E-state index contributed by atoms with van der Waals surface area (Å²) in [7, 11) is 0. The van der Waals surface area contributed by atoms with E-state index in [1.54, 1.807) is 42.9 Å². The number of imidazole rings is 1. The Balaban J connectivity index is 1.47. The molecule has 0 fully saturated rings. The Kier molecular flexibility index (Phi) is 6.67. The molecule has 2 N–H and O–H groups in total. The van der Waals surface area contributed by atoms with Crippen LogP contribution >= 0.6 is 0 Å². The number of rotatable bonds is 5. The molecule has 0 aliphatic carbocycles. The van der Waals surface area contributed by atoms with E-state index in [1.165, 1.54) is 0 Å². The first-order valence-electron chi connectivity index (χ1n) is 10.5. The van der Waals surface area contributed by atoms with Gasteiger partial charge in [-0.1, -0.05) is 49.1 Å². The van der Waals surface area contributed by atoms with Gasteiger partial charge in [0.1, 0.15) is 5.75 Å². The molecule has 7 nitrogen and oxygen atoms in total. The summed E-state index contributed by atoms with van der Waals surface area (Å²) in [5, 5.41) is 15.0. The summed E-state index contributed by atoms with van der Waals surface area (Å²) in [4.78, 5) is 17.0. The molecule has 1 aromatic heterocycles.